The number of aliphatic hydroxyl groups is 2. The molecule has 0 unspecified atom stereocenters. The zero-order chi connectivity index (χ0) is 11.7. The Morgan fingerprint density at radius 2 is 1.94 bits per heavy atom. The van der Waals surface area contributed by atoms with Gasteiger partial charge in [0.15, 0.2) is 11.4 Å². The molecule has 0 amide bonds. The van der Waals surface area contributed by atoms with E-state index in [1.165, 1.54) is 0 Å². The SMILES string of the molecule is CC1(C)O[C@@H]2[C@H](O1)[C@H](O)[C@@]1(O)C[C@@H]2OC1=O. The monoisotopic (exact) mass is 230 g/mol. The highest BCUT2D eigenvalue weighted by atomic mass is 16.8. The van der Waals surface area contributed by atoms with Crippen molar-refractivity contribution in [1.82, 2.24) is 0 Å². The number of aliphatic hydroxyl groups excluding tert-OH is 1. The number of rotatable bonds is 0. The van der Waals surface area contributed by atoms with Crippen LogP contribution in [0.1, 0.15) is 20.3 Å². The van der Waals surface area contributed by atoms with E-state index in [4.69, 9.17) is 14.2 Å². The number of carbonyl (C=O) groups excluding carboxylic acids is 1. The van der Waals surface area contributed by atoms with Gasteiger partial charge in [-0.05, 0) is 13.8 Å². The largest absolute Gasteiger partial charge is 0.457 e. The molecule has 3 aliphatic rings. The van der Waals surface area contributed by atoms with E-state index in [-0.39, 0.29) is 6.42 Å². The van der Waals surface area contributed by atoms with E-state index in [0.717, 1.165) is 0 Å². The van der Waals surface area contributed by atoms with Crippen molar-refractivity contribution in [2.45, 2.75) is 56.1 Å². The first kappa shape index (κ1) is 10.5. The minimum Gasteiger partial charge on any atom is -0.457 e. The zero-order valence-electron chi connectivity index (χ0n) is 9.04. The van der Waals surface area contributed by atoms with Crippen molar-refractivity contribution >= 4 is 5.97 Å². The fourth-order valence-electron chi connectivity index (χ4n) is 2.72. The van der Waals surface area contributed by atoms with Crippen LogP contribution in [0.5, 0.6) is 0 Å². The van der Waals surface area contributed by atoms with Gasteiger partial charge in [-0.1, -0.05) is 0 Å². The van der Waals surface area contributed by atoms with Crippen LogP contribution in [-0.2, 0) is 19.0 Å². The molecule has 2 N–H and O–H groups in total. The predicted molar refractivity (Wildman–Crippen MR) is 49.3 cm³/mol. The van der Waals surface area contributed by atoms with Crippen LogP contribution >= 0.6 is 0 Å². The van der Waals surface area contributed by atoms with Gasteiger partial charge in [0.25, 0.3) is 0 Å². The van der Waals surface area contributed by atoms with E-state index in [1.807, 2.05) is 0 Å². The first-order chi connectivity index (χ1) is 7.33. The summed E-state index contributed by atoms with van der Waals surface area (Å²) in [5.74, 6) is -1.62. The van der Waals surface area contributed by atoms with Crippen LogP contribution in [0.3, 0.4) is 0 Å². The Kier molecular flexibility index (Phi) is 1.80. The summed E-state index contributed by atoms with van der Waals surface area (Å²) in [5, 5.41) is 20.0. The van der Waals surface area contributed by atoms with E-state index in [2.05, 4.69) is 0 Å². The van der Waals surface area contributed by atoms with Gasteiger partial charge in [-0.15, -0.1) is 0 Å². The summed E-state index contributed by atoms with van der Waals surface area (Å²) in [5.41, 5.74) is -1.84. The molecule has 6 nitrogen and oxygen atoms in total. The van der Waals surface area contributed by atoms with Crippen LogP contribution in [-0.4, -0.2) is 52.0 Å². The molecule has 2 saturated heterocycles. The van der Waals surface area contributed by atoms with Crippen LogP contribution in [0.25, 0.3) is 0 Å². The Morgan fingerprint density at radius 3 is 2.62 bits per heavy atom. The molecule has 5 atom stereocenters. The minimum absolute atomic E-state index is 0.0631. The van der Waals surface area contributed by atoms with Gasteiger partial charge in [-0.3, -0.25) is 0 Å². The van der Waals surface area contributed by atoms with Gasteiger partial charge >= 0.3 is 5.97 Å². The Morgan fingerprint density at radius 1 is 1.31 bits per heavy atom. The third kappa shape index (κ3) is 1.13. The fourth-order valence-corrected chi connectivity index (χ4v) is 2.72. The molecule has 0 aromatic heterocycles. The molecule has 3 fully saturated rings. The number of esters is 1. The first-order valence-electron chi connectivity index (χ1n) is 5.31. The van der Waals surface area contributed by atoms with Crippen LogP contribution < -0.4 is 0 Å². The van der Waals surface area contributed by atoms with E-state index in [1.54, 1.807) is 13.8 Å². The van der Waals surface area contributed by atoms with Crippen molar-refractivity contribution < 1.29 is 29.2 Å². The van der Waals surface area contributed by atoms with E-state index in [9.17, 15) is 15.0 Å². The Bertz CT molecular complexity index is 353. The fraction of sp³-hybridized carbons (Fsp3) is 0.900. The molecule has 6 heteroatoms. The summed E-state index contributed by atoms with van der Waals surface area (Å²) in [4.78, 5) is 11.4. The van der Waals surface area contributed by atoms with Gasteiger partial charge in [0.05, 0.1) is 0 Å². The molecule has 2 heterocycles. The quantitative estimate of drug-likeness (QED) is 0.515. The number of ether oxygens (including phenoxy) is 3. The molecular formula is C10H14O6. The Hall–Kier alpha value is -0.690. The van der Waals surface area contributed by atoms with E-state index in [0.29, 0.717) is 0 Å². The maximum Gasteiger partial charge on any atom is 0.341 e. The maximum atomic E-state index is 11.4. The number of carbonyl (C=O) groups is 1. The lowest BCUT2D eigenvalue weighted by molar-refractivity contribution is -0.187. The highest BCUT2D eigenvalue weighted by molar-refractivity contribution is 5.83. The average molecular weight is 230 g/mol. The normalized spacial score (nSPS) is 53.6. The Balaban J connectivity index is 1.97. The van der Waals surface area contributed by atoms with Crippen molar-refractivity contribution in [3.8, 4) is 0 Å². The molecule has 3 rings (SSSR count). The van der Waals surface area contributed by atoms with Gasteiger partial charge < -0.3 is 24.4 Å². The highest BCUT2D eigenvalue weighted by Crippen LogP contribution is 2.46. The van der Waals surface area contributed by atoms with Gasteiger partial charge in [-0.2, -0.15) is 0 Å². The van der Waals surface area contributed by atoms with Gasteiger partial charge in [0, 0.05) is 6.42 Å². The summed E-state index contributed by atoms with van der Waals surface area (Å²) in [6, 6.07) is 0. The molecule has 0 radical (unpaired) electrons. The molecule has 16 heavy (non-hydrogen) atoms. The Labute approximate surface area is 92.1 Å². The summed E-state index contributed by atoms with van der Waals surface area (Å²) >= 11 is 0. The molecule has 0 spiro atoms. The summed E-state index contributed by atoms with van der Waals surface area (Å²) in [6.07, 6.45) is -2.99. The number of hydrogen-bond donors (Lipinski definition) is 2. The number of fused-ring (bicyclic) bond motifs is 4. The molecule has 0 aromatic carbocycles. The van der Waals surface area contributed by atoms with Crippen molar-refractivity contribution in [2.75, 3.05) is 0 Å². The molecule has 90 valence electrons. The second-order valence-electron chi connectivity index (χ2n) is 5.08. The van der Waals surface area contributed by atoms with E-state index < -0.39 is 41.8 Å². The summed E-state index contributed by atoms with van der Waals surface area (Å²) < 4.78 is 16.1. The van der Waals surface area contributed by atoms with Crippen molar-refractivity contribution in [1.29, 1.82) is 0 Å². The second-order valence-corrected chi connectivity index (χ2v) is 5.08. The zero-order valence-corrected chi connectivity index (χ0v) is 9.04. The number of hydrogen-bond acceptors (Lipinski definition) is 6. The lowest BCUT2D eigenvalue weighted by Gasteiger charge is -2.34. The third-order valence-corrected chi connectivity index (χ3v) is 3.45. The summed E-state index contributed by atoms with van der Waals surface area (Å²) in [6.45, 7) is 3.44. The second kappa shape index (κ2) is 2.76. The van der Waals surface area contributed by atoms with Crippen molar-refractivity contribution in [3.63, 3.8) is 0 Å². The minimum atomic E-state index is -1.84. The van der Waals surface area contributed by atoms with Gasteiger partial charge in [0.1, 0.15) is 24.4 Å². The van der Waals surface area contributed by atoms with Crippen LogP contribution in [0.4, 0.5) is 0 Å². The van der Waals surface area contributed by atoms with E-state index >= 15 is 0 Å². The van der Waals surface area contributed by atoms with Crippen LogP contribution in [0.15, 0.2) is 0 Å². The smallest absolute Gasteiger partial charge is 0.341 e. The van der Waals surface area contributed by atoms with Gasteiger partial charge in [0.2, 0.25) is 0 Å². The lowest BCUT2D eigenvalue weighted by atomic mass is 9.80. The van der Waals surface area contributed by atoms with Crippen LogP contribution in [0.2, 0.25) is 0 Å². The van der Waals surface area contributed by atoms with Crippen LogP contribution in [0, 0.1) is 0 Å². The molecule has 1 saturated carbocycles. The van der Waals surface area contributed by atoms with Crippen molar-refractivity contribution in [2.24, 2.45) is 0 Å². The maximum absolute atomic E-state index is 11.4. The molecule has 1 aliphatic carbocycles. The predicted octanol–water partition coefficient (Wildman–Crippen LogP) is -1.07. The first-order valence-corrected chi connectivity index (χ1v) is 5.31. The standard InChI is InChI=1S/C10H14O6/c1-9(2)15-5-4-3-10(13,8(12)14-4)7(11)6(5)16-9/h4-7,11,13H,3H2,1-2H3/t4-,5-,6-,7-,10-/m0/s1. The lowest BCUT2D eigenvalue weighted by Crippen LogP contribution is -2.59. The van der Waals surface area contributed by atoms with Gasteiger partial charge in [-0.25, -0.2) is 4.79 Å². The molecule has 2 bridgehead atoms. The highest BCUT2D eigenvalue weighted by Gasteiger charge is 2.67. The average Bonchev–Trinajstić information content (AvgIpc) is 2.62. The molecule has 2 aliphatic heterocycles. The third-order valence-electron chi connectivity index (χ3n) is 3.45. The van der Waals surface area contributed by atoms with Crippen molar-refractivity contribution in [3.05, 3.63) is 0 Å². The summed E-state index contributed by atoms with van der Waals surface area (Å²) in [7, 11) is 0. The molecule has 0 aromatic rings. The molecular weight excluding hydrogens is 216 g/mol. The topological polar surface area (TPSA) is 85.2 Å².